The molecule has 1 aromatic carbocycles. The summed E-state index contributed by atoms with van der Waals surface area (Å²) in [5.41, 5.74) is 0.775. The fourth-order valence-electron chi connectivity index (χ4n) is 2.01. The van der Waals surface area contributed by atoms with Crippen LogP contribution in [0.5, 0.6) is 0 Å². The molecule has 8 heteroatoms. The Morgan fingerprint density at radius 2 is 1.96 bits per heavy atom. The summed E-state index contributed by atoms with van der Waals surface area (Å²) in [5, 5.41) is 7.69. The van der Waals surface area contributed by atoms with Crippen molar-refractivity contribution in [1.82, 2.24) is 10.6 Å². The average Bonchev–Trinajstić information content (AvgIpc) is 3.10. The zero-order valence-corrected chi connectivity index (χ0v) is 15.0. The second-order valence-electron chi connectivity index (χ2n) is 5.12. The minimum absolute atomic E-state index is 0.231. The van der Waals surface area contributed by atoms with Crippen molar-refractivity contribution in [3.63, 3.8) is 0 Å². The quantitative estimate of drug-likeness (QED) is 0.594. The molecule has 0 saturated carbocycles. The zero-order chi connectivity index (χ0) is 17.4. The molecule has 0 aliphatic carbocycles. The van der Waals surface area contributed by atoms with Gasteiger partial charge in [-0.15, -0.1) is 11.3 Å². The molecule has 2 rings (SSSR count). The van der Waals surface area contributed by atoms with Gasteiger partial charge in [0.2, 0.25) is 0 Å². The van der Waals surface area contributed by atoms with Crippen molar-refractivity contribution in [1.29, 1.82) is 0 Å². The van der Waals surface area contributed by atoms with Gasteiger partial charge < -0.3 is 10.6 Å². The molecule has 1 heterocycles. The van der Waals surface area contributed by atoms with Crippen molar-refractivity contribution in [3.8, 4) is 0 Å². The van der Waals surface area contributed by atoms with Crippen molar-refractivity contribution in [2.45, 2.75) is 17.6 Å². The fraction of sp³-hybridized carbons (Fsp3) is 0.312. The third-order valence-corrected chi connectivity index (χ3v) is 5.93. The first kappa shape index (κ1) is 18.4. The van der Waals surface area contributed by atoms with Crippen molar-refractivity contribution in [2.75, 3.05) is 24.4 Å². The highest BCUT2D eigenvalue weighted by molar-refractivity contribution is 7.94. The van der Waals surface area contributed by atoms with Crippen LogP contribution < -0.4 is 15.4 Å². The van der Waals surface area contributed by atoms with Gasteiger partial charge in [-0.05, 0) is 42.6 Å². The lowest BCUT2D eigenvalue weighted by Crippen LogP contribution is -2.32. The standard InChI is InChI=1S/C16H21N3O3S2/c1-2-8-17-9-10-18-16(20)13-5-3-6-14(12-13)19-24(21,22)15-7-4-11-23-15/h3-7,11-12,17,19H,2,8-10H2,1H3,(H,18,20). The van der Waals surface area contributed by atoms with E-state index in [1.54, 1.807) is 29.6 Å². The summed E-state index contributed by atoms with van der Waals surface area (Å²) in [6, 6.07) is 9.65. The summed E-state index contributed by atoms with van der Waals surface area (Å²) < 4.78 is 27.1. The Morgan fingerprint density at radius 3 is 2.67 bits per heavy atom. The van der Waals surface area contributed by atoms with Crippen molar-refractivity contribution >= 4 is 33.0 Å². The maximum Gasteiger partial charge on any atom is 0.271 e. The first-order valence-electron chi connectivity index (χ1n) is 7.68. The van der Waals surface area contributed by atoms with E-state index in [4.69, 9.17) is 0 Å². The predicted molar refractivity (Wildman–Crippen MR) is 97.1 cm³/mol. The van der Waals surface area contributed by atoms with E-state index in [0.29, 0.717) is 24.3 Å². The number of anilines is 1. The largest absolute Gasteiger partial charge is 0.351 e. The molecule has 6 nitrogen and oxygen atoms in total. The van der Waals surface area contributed by atoms with Gasteiger partial charge in [-0.3, -0.25) is 9.52 Å². The summed E-state index contributed by atoms with van der Waals surface area (Å²) in [5.74, 6) is -0.231. The molecule has 0 aliphatic heterocycles. The van der Waals surface area contributed by atoms with E-state index in [9.17, 15) is 13.2 Å². The Balaban J connectivity index is 1.97. The molecule has 1 aromatic heterocycles. The van der Waals surface area contributed by atoms with Crippen LogP contribution in [0.2, 0.25) is 0 Å². The average molecular weight is 367 g/mol. The van der Waals surface area contributed by atoms with Crippen LogP contribution in [0, 0.1) is 0 Å². The third kappa shape index (κ3) is 5.33. The second kappa shape index (κ2) is 8.81. The maximum atomic E-state index is 12.2. The van der Waals surface area contributed by atoms with Gasteiger partial charge in [0.1, 0.15) is 4.21 Å². The van der Waals surface area contributed by atoms with Gasteiger partial charge in [0.15, 0.2) is 0 Å². The monoisotopic (exact) mass is 367 g/mol. The summed E-state index contributed by atoms with van der Waals surface area (Å²) in [4.78, 5) is 12.1. The Kier molecular flexibility index (Phi) is 6.77. The Labute approximate surface area is 146 Å². The van der Waals surface area contributed by atoms with E-state index in [1.165, 1.54) is 12.1 Å². The lowest BCUT2D eigenvalue weighted by molar-refractivity contribution is 0.0954. The summed E-state index contributed by atoms with van der Waals surface area (Å²) >= 11 is 1.14. The van der Waals surface area contributed by atoms with E-state index >= 15 is 0 Å². The number of amides is 1. The number of rotatable bonds is 9. The van der Waals surface area contributed by atoms with Gasteiger partial charge in [0.25, 0.3) is 15.9 Å². The fourth-order valence-corrected chi connectivity index (χ4v) is 4.06. The summed E-state index contributed by atoms with van der Waals surface area (Å²) in [7, 11) is -3.61. The molecule has 0 fully saturated rings. The predicted octanol–water partition coefficient (Wildman–Crippen LogP) is 2.28. The number of hydrogen-bond donors (Lipinski definition) is 3. The number of thiophene rings is 1. The van der Waals surface area contributed by atoms with Crippen molar-refractivity contribution in [3.05, 3.63) is 47.3 Å². The Morgan fingerprint density at radius 1 is 1.12 bits per heavy atom. The lowest BCUT2D eigenvalue weighted by Gasteiger charge is -2.09. The molecule has 0 bridgehead atoms. The first-order valence-corrected chi connectivity index (χ1v) is 10.0. The molecule has 0 radical (unpaired) electrons. The number of carbonyl (C=O) groups is 1. The van der Waals surface area contributed by atoms with E-state index in [0.717, 1.165) is 24.3 Å². The van der Waals surface area contributed by atoms with Crippen LogP contribution in [0.4, 0.5) is 5.69 Å². The van der Waals surface area contributed by atoms with Crippen LogP contribution >= 0.6 is 11.3 Å². The molecular weight excluding hydrogens is 346 g/mol. The Hall–Kier alpha value is -1.90. The molecule has 1 amide bonds. The molecule has 0 saturated heterocycles. The van der Waals surface area contributed by atoms with Crippen LogP contribution in [0.25, 0.3) is 0 Å². The number of benzene rings is 1. The minimum atomic E-state index is -3.61. The number of carbonyl (C=O) groups excluding carboxylic acids is 1. The van der Waals surface area contributed by atoms with Gasteiger partial charge in [0.05, 0.1) is 0 Å². The SMILES string of the molecule is CCCNCCNC(=O)c1cccc(NS(=O)(=O)c2cccs2)c1. The normalized spacial score (nSPS) is 11.2. The highest BCUT2D eigenvalue weighted by atomic mass is 32.2. The number of sulfonamides is 1. The number of hydrogen-bond acceptors (Lipinski definition) is 5. The zero-order valence-electron chi connectivity index (χ0n) is 13.4. The lowest BCUT2D eigenvalue weighted by atomic mass is 10.2. The van der Waals surface area contributed by atoms with E-state index in [1.807, 2.05) is 0 Å². The molecule has 3 N–H and O–H groups in total. The summed E-state index contributed by atoms with van der Waals surface area (Å²) in [6.45, 7) is 4.21. The molecule has 0 aliphatic rings. The molecule has 24 heavy (non-hydrogen) atoms. The molecular formula is C16H21N3O3S2. The van der Waals surface area contributed by atoms with Crippen molar-refractivity contribution in [2.24, 2.45) is 0 Å². The number of nitrogens with one attached hydrogen (secondary N) is 3. The topological polar surface area (TPSA) is 87.3 Å². The van der Waals surface area contributed by atoms with Crippen molar-refractivity contribution < 1.29 is 13.2 Å². The highest BCUT2D eigenvalue weighted by Gasteiger charge is 2.15. The van der Waals surface area contributed by atoms with Gasteiger partial charge in [-0.2, -0.15) is 0 Å². The molecule has 0 atom stereocenters. The van der Waals surface area contributed by atoms with E-state index in [2.05, 4.69) is 22.3 Å². The van der Waals surface area contributed by atoms with Gasteiger partial charge in [-0.25, -0.2) is 8.42 Å². The van der Waals surface area contributed by atoms with E-state index < -0.39 is 10.0 Å². The molecule has 130 valence electrons. The van der Waals surface area contributed by atoms with Crippen LogP contribution in [0.1, 0.15) is 23.7 Å². The minimum Gasteiger partial charge on any atom is -0.351 e. The third-order valence-electron chi connectivity index (χ3n) is 3.15. The van der Waals surface area contributed by atoms with Gasteiger partial charge in [0, 0.05) is 24.3 Å². The molecule has 0 spiro atoms. The van der Waals surface area contributed by atoms with Crippen LogP contribution in [0.15, 0.2) is 46.0 Å². The van der Waals surface area contributed by atoms with Crippen LogP contribution in [-0.4, -0.2) is 34.0 Å². The Bertz CT molecular complexity index is 759. The van der Waals surface area contributed by atoms with Crippen LogP contribution in [0.3, 0.4) is 0 Å². The molecule has 2 aromatic rings. The highest BCUT2D eigenvalue weighted by Crippen LogP contribution is 2.20. The molecule has 0 unspecified atom stereocenters. The second-order valence-corrected chi connectivity index (χ2v) is 7.98. The van der Waals surface area contributed by atoms with Crippen LogP contribution in [-0.2, 0) is 10.0 Å². The first-order chi connectivity index (χ1) is 11.5. The summed E-state index contributed by atoms with van der Waals surface area (Å²) in [6.07, 6.45) is 1.04. The maximum absolute atomic E-state index is 12.2. The smallest absolute Gasteiger partial charge is 0.271 e. The van der Waals surface area contributed by atoms with Gasteiger partial charge >= 0.3 is 0 Å². The van der Waals surface area contributed by atoms with E-state index in [-0.39, 0.29) is 10.1 Å². The van der Waals surface area contributed by atoms with Gasteiger partial charge in [-0.1, -0.05) is 19.1 Å².